The van der Waals surface area contributed by atoms with Crippen molar-refractivity contribution in [1.29, 1.82) is 0 Å². The van der Waals surface area contributed by atoms with Crippen LogP contribution in [0.15, 0.2) is 23.1 Å². The molecule has 0 amide bonds. The van der Waals surface area contributed by atoms with Gasteiger partial charge in [-0.3, -0.25) is 0 Å². The molecule has 1 aliphatic rings. The minimum atomic E-state index is -4.12. The van der Waals surface area contributed by atoms with E-state index in [1.165, 1.54) is 0 Å². The zero-order chi connectivity index (χ0) is 14.0. The summed E-state index contributed by atoms with van der Waals surface area (Å²) in [5.74, 6) is -1.79. The van der Waals surface area contributed by atoms with Gasteiger partial charge in [0, 0.05) is 12.6 Å². The largest absolute Gasteiger partial charge is 0.395 e. The summed E-state index contributed by atoms with van der Waals surface area (Å²) in [6.07, 6.45) is 2.25. The molecule has 1 aliphatic carbocycles. The quantitative estimate of drug-likeness (QED) is 0.894. The third kappa shape index (κ3) is 2.77. The van der Waals surface area contributed by atoms with Crippen LogP contribution in [0.4, 0.5) is 8.78 Å². The average molecular weight is 291 g/mol. The standard InChI is InChI=1S/C12H15F2NO3S/c13-9-4-5-11(14)12(8-9)19(17,18)15(6-7-16)10-2-1-3-10/h4-5,8,10,16H,1-3,6-7H2. The van der Waals surface area contributed by atoms with Gasteiger partial charge in [0.05, 0.1) is 6.61 Å². The summed E-state index contributed by atoms with van der Waals surface area (Å²) in [6.45, 7) is -0.463. The molecule has 0 aliphatic heterocycles. The number of benzene rings is 1. The third-order valence-corrected chi connectivity index (χ3v) is 5.25. The second kappa shape index (κ2) is 5.52. The number of aliphatic hydroxyl groups is 1. The van der Waals surface area contributed by atoms with E-state index in [0.717, 1.165) is 22.9 Å². The molecule has 4 nitrogen and oxygen atoms in total. The lowest BCUT2D eigenvalue weighted by Gasteiger charge is -2.36. The molecule has 1 N–H and O–H groups in total. The lowest BCUT2D eigenvalue weighted by Crippen LogP contribution is -2.45. The van der Waals surface area contributed by atoms with Crippen LogP contribution in [0.25, 0.3) is 0 Å². The molecule has 2 rings (SSSR count). The Morgan fingerprint density at radius 1 is 1.32 bits per heavy atom. The summed E-state index contributed by atoms with van der Waals surface area (Å²) in [4.78, 5) is -0.673. The molecule has 106 valence electrons. The maximum absolute atomic E-state index is 13.6. The normalized spacial score (nSPS) is 16.6. The van der Waals surface area contributed by atoms with E-state index in [-0.39, 0.29) is 19.2 Å². The molecule has 1 saturated carbocycles. The van der Waals surface area contributed by atoms with E-state index < -0.39 is 26.6 Å². The van der Waals surface area contributed by atoms with Crippen molar-refractivity contribution in [3.05, 3.63) is 29.8 Å². The first kappa shape index (κ1) is 14.4. The van der Waals surface area contributed by atoms with E-state index in [4.69, 9.17) is 5.11 Å². The minimum absolute atomic E-state index is 0.108. The predicted octanol–water partition coefficient (Wildman–Crippen LogP) is 1.50. The third-order valence-electron chi connectivity index (χ3n) is 3.28. The molecule has 19 heavy (non-hydrogen) atoms. The second-order valence-corrected chi connectivity index (χ2v) is 6.36. The number of rotatable bonds is 5. The van der Waals surface area contributed by atoms with Crippen LogP contribution in [0.1, 0.15) is 19.3 Å². The van der Waals surface area contributed by atoms with E-state index >= 15 is 0 Å². The van der Waals surface area contributed by atoms with Crippen molar-refractivity contribution >= 4 is 10.0 Å². The zero-order valence-corrected chi connectivity index (χ0v) is 11.0. The van der Waals surface area contributed by atoms with Crippen LogP contribution in [0.2, 0.25) is 0 Å². The topological polar surface area (TPSA) is 57.6 Å². The Balaban J connectivity index is 2.40. The number of hydrogen-bond acceptors (Lipinski definition) is 3. The van der Waals surface area contributed by atoms with Crippen LogP contribution < -0.4 is 0 Å². The number of nitrogens with zero attached hydrogens (tertiary/aromatic N) is 1. The van der Waals surface area contributed by atoms with Gasteiger partial charge in [0.25, 0.3) is 0 Å². The lowest BCUT2D eigenvalue weighted by molar-refractivity contribution is 0.178. The van der Waals surface area contributed by atoms with Crippen molar-refractivity contribution in [3.8, 4) is 0 Å². The van der Waals surface area contributed by atoms with Crippen molar-refractivity contribution in [3.63, 3.8) is 0 Å². The molecule has 7 heteroatoms. The van der Waals surface area contributed by atoms with Gasteiger partial charge in [0.15, 0.2) is 0 Å². The molecule has 0 aromatic heterocycles. The van der Waals surface area contributed by atoms with Gasteiger partial charge in [-0.1, -0.05) is 6.42 Å². The number of hydrogen-bond donors (Lipinski definition) is 1. The van der Waals surface area contributed by atoms with Crippen LogP contribution in [-0.2, 0) is 10.0 Å². The van der Waals surface area contributed by atoms with E-state index in [9.17, 15) is 17.2 Å². The zero-order valence-electron chi connectivity index (χ0n) is 10.2. The van der Waals surface area contributed by atoms with Crippen molar-refractivity contribution in [1.82, 2.24) is 4.31 Å². The van der Waals surface area contributed by atoms with Gasteiger partial charge >= 0.3 is 0 Å². The van der Waals surface area contributed by atoms with Crippen LogP contribution in [0.3, 0.4) is 0 Å². The fourth-order valence-electron chi connectivity index (χ4n) is 2.07. The van der Waals surface area contributed by atoms with Gasteiger partial charge < -0.3 is 5.11 Å². The lowest BCUT2D eigenvalue weighted by atomic mass is 9.93. The Bertz CT molecular complexity index is 558. The monoisotopic (exact) mass is 291 g/mol. The number of sulfonamides is 1. The number of halogens is 2. The Hall–Kier alpha value is -1.05. The van der Waals surface area contributed by atoms with E-state index in [1.807, 2.05) is 0 Å². The molecular formula is C12H15F2NO3S. The molecule has 1 aromatic rings. The minimum Gasteiger partial charge on any atom is -0.395 e. The van der Waals surface area contributed by atoms with E-state index in [1.54, 1.807) is 0 Å². The van der Waals surface area contributed by atoms with Gasteiger partial charge in [-0.2, -0.15) is 4.31 Å². The first-order valence-electron chi connectivity index (χ1n) is 6.04. The highest BCUT2D eigenvalue weighted by atomic mass is 32.2. The van der Waals surface area contributed by atoms with Crippen LogP contribution >= 0.6 is 0 Å². The molecular weight excluding hydrogens is 276 g/mol. The molecule has 0 bridgehead atoms. The van der Waals surface area contributed by atoms with Crippen LogP contribution in [0.5, 0.6) is 0 Å². The Morgan fingerprint density at radius 3 is 2.53 bits per heavy atom. The van der Waals surface area contributed by atoms with Gasteiger partial charge in [0.1, 0.15) is 16.5 Å². The summed E-state index contributed by atoms with van der Waals surface area (Å²) >= 11 is 0. The SMILES string of the molecule is O=S(=O)(c1cc(F)ccc1F)N(CCO)C1CCC1. The van der Waals surface area contributed by atoms with Crippen molar-refractivity contribution in [2.75, 3.05) is 13.2 Å². The molecule has 1 fully saturated rings. The van der Waals surface area contributed by atoms with Gasteiger partial charge in [-0.15, -0.1) is 0 Å². The first-order chi connectivity index (χ1) is 8.96. The second-order valence-electron chi connectivity index (χ2n) is 4.50. The Morgan fingerprint density at radius 2 is 2.00 bits per heavy atom. The Kier molecular flexibility index (Phi) is 4.17. The molecule has 0 atom stereocenters. The van der Waals surface area contributed by atoms with E-state index in [0.29, 0.717) is 18.9 Å². The highest BCUT2D eigenvalue weighted by molar-refractivity contribution is 7.89. The van der Waals surface area contributed by atoms with Gasteiger partial charge in [-0.25, -0.2) is 17.2 Å². The molecule has 0 heterocycles. The summed E-state index contributed by atoms with van der Waals surface area (Å²) in [5, 5.41) is 8.97. The smallest absolute Gasteiger partial charge is 0.246 e. The first-order valence-corrected chi connectivity index (χ1v) is 7.48. The van der Waals surface area contributed by atoms with Crippen LogP contribution in [-0.4, -0.2) is 37.0 Å². The molecule has 0 spiro atoms. The predicted molar refractivity (Wildman–Crippen MR) is 65.0 cm³/mol. The molecule has 0 unspecified atom stereocenters. The molecule has 0 saturated heterocycles. The van der Waals surface area contributed by atoms with Crippen molar-refractivity contribution < 1.29 is 22.3 Å². The maximum atomic E-state index is 13.6. The highest BCUT2D eigenvalue weighted by Gasteiger charge is 2.36. The summed E-state index contributed by atoms with van der Waals surface area (Å²) < 4.78 is 52.5. The van der Waals surface area contributed by atoms with Gasteiger partial charge in [-0.05, 0) is 31.0 Å². The summed E-state index contributed by atoms with van der Waals surface area (Å²) in [5.41, 5.74) is 0. The maximum Gasteiger partial charge on any atom is 0.246 e. The van der Waals surface area contributed by atoms with Crippen molar-refractivity contribution in [2.45, 2.75) is 30.2 Å². The summed E-state index contributed by atoms with van der Waals surface area (Å²) in [7, 11) is -4.12. The van der Waals surface area contributed by atoms with E-state index in [2.05, 4.69) is 0 Å². The van der Waals surface area contributed by atoms with Crippen molar-refractivity contribution in [2.24, 2.45) is 0 Å². The van der Waals surface area contributed by atoms with Gasteiger partial charge in [0.2, 0.25) is 10.0 Å². The van der Waals surface area contributed by atoms with Crippen LogP contribution in [0, 0.1) is 11.6 Å². The fourth-order valence-corrected chi connectivity index (χ4v) is 3.83. The molecule has 0 radical (unpaired) electrons. The number of aliphatic hydroxyl groups excluding tert-OH is 1. The average Bonchev–Trinajstić information content (AvgIpc) is 2.29. The highest BCUT2D eigenvalue weighted by Crippen LogP contribution is 2.30. The fraction of sp³-hybridized carbons (Fsp3) is 0.500. The molecule has 1 aromatic carbocycles. The summed E-state index contributed by atoms with van der Waals surface area (Å²) in [6, 6.07) is 2.10. The Labute approximate surface area is 110 Å².